The summed E-state index contributed by atoms with van der Waals surface area (Å²) in [5.74, 6) is -11.8. The number of carbonyl (C=O) groups excluding carboxylic acids is 1. The van der Waals surface area contributed by atoms with E-state index in [2.05, 4.69) is 10.1 Å². The van der Waals surface area contributed by atoms with Crippen molar-refractivity contribution in [1.29, 1.82) is 0 Å². The molecule has 0 aliphatic rings. The zero-order valence-corrected chi connectivity index (χ0v) is 15.5. The second-order valence-corrected chi connectivity index (χ2v) is 6.27. The third kappa shape index (κ3) is 3.73. The molecular formula is C17H11ClF5N5O. The van der Waals surface area contributed by atoms with Crippen LogP contribution in [0.1, 0.15) is 21.9 Å². The second kappa shape index (κ2) is 7.66. The lowest BCUT2D eigenvalue weighted by molar-refractivity contribution is 0.0957. The minimum absolute atomic E-state index is 0.119. The van der Waals surface area contributed by atoms with Crippen LogP contribution < -0.4 is 10.9 Å². The molecule has 0 saturated heterocycles. The third-order valence-electron chi connectivity index (χ3n) is 3.78. The second-order valence-electron chi connectivity index (χ2n) is 5.86. The molecule has 0 saturated carbocycles. The SMILES string of the molecule is Cc1cc(C)n(-c2ccc(Cl)c(C(=O)NNc3c(F)c(F)c(F)c(F)c3F)n2)n1. The van der Waals surface area contributed by atoms with E-state index in [1.807, 2.05) is 5.43 Å². The minimum Gasteiger partial charge on any atom is -0.293 e. The van der Waals surface area contributed by atoms with Gasteiger partial charge in [-0.3, -0.25) is 15.6 Å². The molecule has 0 aliphatic heterocycles. The standard InChI is InChI=1S/C17H11ClF5N5O/c1-6-5-7(2)28(27-6)9-4-3-8(18)15(24-9)17(29)26-25-16-13(22)11(20)10(19)12(21)14(16)23/h3-5,25H,1-2H3,(H,26,29). The van der Waals surface area contributed by atoms with Gasteiger partial charge < -0.3 is 0 Å². The largest absolute Gasteiger partial charge is 0.293 e. The number of aromatic nitrogens is 3. The van der Waals surface area contributed by atoms with Gasteiger partial charge in [0, 0.05) is 5.69 Å². The Labute approximate surface area is 165 Å². The number of carbonyl (C=O) groups is 1. The van der Waals surface area contributed by atoms with E-state index in [4.69, 9.17) is 11.6 Å². The van der Waals surface area contributed by atoms with Crippen LogP contribution in [0.5, 0.6) is 0 Å². The molecule has 0 bridgehead atoms. The lowest BCUT2D eigenvalue weighted by Gasteiger charge is -2.13. The first-order valence-electron chi connectivity index (χ1n) is 7.89. The van der Waals surface area contributed by atoms with Gasteiger partial charge in [0.1, 0.15) is 5.69 Å². The van der Waals surface area contributed by atoms with Gasteiger partial charge in [-0.1, -0.05) is 11.6 Å². The van der Waals surface area contributed by atoms with Crippen molar-refractivity contribution in [2.24, 2.45) is 0 Å². The average molecular weight is 432 g/mol. The number of hydrazine groups is 1. The molecule has 0 aliphatic carbocycles. The molecule has 2 aromatic heterocycles. The summed E-state index contributed by atoms with van der Waals surface area (Å²) in [7, 11) is 0. The van der Waals surface area contributed by atoms with Gasteiger partial charge in [0.25, 0.3) is 5.91 Å². The molecule has 2 N–H and O–H groups in total. The van der Waals surface area contributed by atoms with Gasteiger partial charge in [-0.25, -0.2) is 31.6 Å². The Morgan fingerprint density at radius 3 is 2.14 bits per heavy atom. The van der Waals surface area contributed by atoms with E-state index in [-0.39, 0.29) is 16.5 Å². The van der Waals surface area contributed by atoms with Gasteiger partial charge in [-0.05, 0) is 32.0 Å². The molecule has 1 aromatic carbocycles. The Morgan fingerprint density at radius 1 is 1.00 bits per heavy atom. The first kappa shape index (κ1) is 20.5. The maximum absolute atomic E-state index is 13.7. The number of halogens is 6. The van der Waals surface area contributed by atoms with Crippen molar-refractivity contribution in [3.63, 3.8) is 0 Å². The van der Waals surface area contributed by atoms with Gasteiger partial charge in [-0.15, -0.1) is 0 Å². The highest BCUT2D eigenvalue weighted by Crippen LogP contribution is 2.26. The van der Waals surface area contributed by atoms with Crippen molar-refractivity contribution in [2.45, 2.75) is 13.8 Å². The Morgan fingerprint density at radius 2 is 1.59 bits per heavy atom. The van der Waals surface area contributed by atoms with E-state index in [1.54, 1.807) is 25.3 Å². The van der Waals surface area contributed by atoms with Gasteiger partial charge in [0.05, 0.1) is 10.7 Å². The number of hydrogen-bond acceptors (Lipinski definition) is 4. The Hall–Kier alpha value is -3.21. The number of anilines is 1. The fraction of sp³-hybridized carbons (Fsp3) is 0.118. The summed E-state index contributed by atoms with van der Waals surface area (Å²) in [5, 5.41) is 4.08. The quantitative estimate of drug-likeness (QED) is 0.283. The van der Waals surface area contributed by atoms with E-state index in [1.165, 1.54) is 16.8 Å². The minimum atomic E-state index is -2.32. The van der Waals surface area contributed by atoms with Crippen LogP contribution in [0.4, 0.5) is 27.6 Å². The fourth-order valence-corrected chi connectivity index (χ4v) is 2.65. The first-order valence-corrected chi connectivity index (χ1v) is 8.27. The van der Waals surface area contributed by atoms with Crippen LogP contribution in [0.15, 0.2) is 18.2 Å². The van der Waals surface area contributed by atoms with Crippen molar-refractivity contribution in [2.75, 3.05) is 5.43 Å². The number of amides is 1. The summed E-state index contributed by atoms with van der Waals surface area (Å²) in [6.45, 7) is 3.50. The maximum atomic E-state index is 13.7. The molecule has 0 atom stereocenters. The number of nitrogens with one attached hydrogen (secondary N) is 2. The van der Waals surface area contributed by atoms with E-state index in [9.17, 15) is 26.7 Å². The van der Waals surface area contributed by atoms with Crippen LogP contribution in [0.25, 0.3) is 5.82 Å². The number of rotatable bonds is 4. The molecule has 2 heterocycles. The fourth-order valence-electron chi connectivity index (χ4n) is 2.46. The molecule has 0 spiro atoms. The molecule has 1 amide bonds. The number of hydrogen-bond donors (Lipinski definition) is 2. The molecule has 0 radical (unpaired) electrons. The van der Waals surface area contributed by atoms with E-state index in [0.717, 1.165) is 0 Å². The molecule has 29 heavy (non-hydrogen) atoms. The summed E-state index contributed by atoms with van der Waals surface area (Å²) >= 11 is 5.94. The zero-order valence-electron chi connectivity index (χ0n) is 14.7. The van der Waals surface area contributed by atoms with Crippen LogP contribution in [0.3, 0.4) is 0 Å². The van der Waals surface area contributed by atoms with Gasteiger partial charge in [0.2, 0.25) is 5.82 Å². The lowest BCUT2D eigenvalue weighted by Crippen LogP contribution is -2.32. The number of nitrogens with zero attached hydrogens (tertiary/aromatic N) is 3. The highest BCUT2D eigenvalue weighted by molar-refractivity contribution is 6.33. The highest BCUT2D eigenvalue weighted by atomic mass is 35.5. The van der Waals surface area contributed by atoms with Crippen LogP contribution in [-0.2, 0) is 0 Å². The summed E-state index contributed by atoms with van der Waals surface area (Å²) in [6.07, 6.45) is 0. The maximum Gasteiger partial charge on any atom is 0.289 e. The Bertz CT molecular complexity index is 1100. The highest BCUT2D eigenvalue weighted by Gasteiger charge is 2.26. The molecule has 0 fully saturated rings. The predicted octanol–water partition coefficient (Wildman–Crippen LogP) is 3.99. The van der Waals surface area contributed by atoms with Crippen molar-refractivity contribution in [3.8, 4) is 5.82 Å². The van der Waals surface area contributed by atoms with E-state index in [0.29, 0.717) is 11.4 Å². The van der Waals surface area contributed by atoms with Crippen molar-refractivity contribution in [1.82, 2.24) is 20.2 Å². The Balaban J connectivity index is 1.89. The average Bonchev–Trinajstić information content (AvgIpc) is 3.03. The predicted molar refractivity (Wildman–Crippen MR) is 93.2 cm³/mol. The summed E-state index contributed by atoms with van der Waals surface area (Å²) in [6, 6.07) is 4.59. The van der Waals surface area contributed by atoms with Gasteiger partial charge in [0.15, 0.2) is 34.8 Å². The van der Waals surface area contributed by atoms with Crippen LogP contribution in [-0.4, -0.2) is 20.7 Å². The molecule has 12 heteroatoms. The number of benzene rings is 1. The van der Waals surface area contributed by atoms with Crippen molar-refractivity contribution < 1.29 is 26.7 Å². The van der Waals surface area contributed by atoms with E-state index < -0.39 is 40.7 Å². The normalized spacial score (nSPS) is 10.9. The molecule has 152 valence electrons. The number of pyridine rings is 1. The number of aryl methyl sites for hydroxylation is 2. The smallest absolute Gasteiger partial charge is 0.289 e. The molecule has 3 aromatic rings. The first-order chi connectivity index (χ1) is 13.6. The van der Waals surface area contributed by atoms with Crippen molar-refractivity contribution in [3.05, 3.63) is 69.4 Å². The summed E-state index contributed by atoms with van der Waals surface area (Å²) in [5.41, 5.74) is 3.09. The van der Waals surface area contributed by atoms with Gasteiger partial charge >= 0.3 is 0 Å². The summed E-state index contributed by atoms with van der Waals surface area (Å²) in [4.78, 5) is 16.4. The van der Waals surface area contributed by atoms with E-state index >= 15 is 0 Å². The van der Waals surface area contributed by atoms with Gasteiger partial charge in [-0.2, -0.15) is 5.10 Å². The molecule has 0 unspecified atom stereocenters. The summed E-state index contributed by atoms with van der Waals surface area (Å²) < 4.78 is 68.3. The van der Waals surface area contributed by atoms with Crippen molar-refractivity contribution >= 4 is 23.2 Å². The van der Waals surface area contributed by atoms with Crippen LogP contribution >= 0.6 is 11.6 Å². The molecular weight excluding hydrogens is 421 g/mol. The monoisotopic (exact) mass is 431 g/mol. The Kier molecular flexibility index (Phi) is 5.42. The van der Waals surface area contributed by atoms with Crippen LogP contribution in [0.2, 0.25) is 5.02 Å². The van der Waals surface area contributed by atoms with Crippen LogP contribution in [0, 0.1) is 42.9 Å². The molecule has 6 nitrogen and oxygen atoms in total. The third-order valence-corrected chi connectivity index (χ3v) is 4.09. The molecule has 3 rings (SSSR count). The zero-order chi connectivity index (χ0) is 21.5. The lowest BCUT2D eigenvalue weighted by atomic mass is 10.2. The topological polar surface area (TPSA) is 71.8 Å².